The van der Waals surface area contributed by atoms with Crippen LogP contribution in [0.25, 0.3) is 0 Å². The summed E-state index contributed by atoms with van der Waals surface area (Å²) < 4.78 is 34.6. The zero-order chi connectivity index (χ0) is 17.9. The fraction of sp³-hybridized carbons (Fsp3) is 1.00. The number of fused-ring (bicyclic) bond motifs is 1. The Kier molecular flexibility index (Phi) is 6.74. The van der Waals surface area contributed by atoms with Crippen molar-refractivity contribution in [3.05, 3.63) is 0 Å². The molecular formula is C19H34O6. The van der Waals surface area contributed by atoms with Crippen molar-refractivity contribution >= 4 is 0 Å². The van der Waals surface area contributed by atoms with E-state index in [2.05, 4.69) is 13.8 Å². The molecule has 3 rings (SSSR count). The lowest BCUT2D eigenvalue weighted by Crippen LogP contribution is -2.51. The molecule has 0 amide bonds. The third-order valence-corrected chi connectivity index (χ3v) is 6.11. The first-order valence-electron chi connectivity index (χ1n) is 9.55. The molecule has 0 radical (unpaired) electrons. The lowest BCUT2D eigenvalue weighted by atomic mass is 9.68. The minimum Gasteiger partial charge on any atom is -0.375 e. The molecular weight excluding hydrogens is 324 g/mol. The topological polar surface area (TPSA) is 58.7 Å². The van der Waals surface area contributed by atoms with Gasteiger partial charge in [0.05, 0.1) is 31.5 Å². The highest BCUT2D eigenvalue weighted by Gasteiger charge is 2.52. The van der Waals surface area contributed by atoms with Gasteiger partial charge in [0.25, 0.3) is 0 Å². The fourth-order valence-corrected chi connectivity index (χ4v) is 4.61. The predicted octanol–water partition coefficient (Wildman–Crippen LogP) is 2.59. The molecule has 2 saturated heterocycles. The molecule has 0 N–H and O–H groups in total. The largest absolute Gasteiger partial charge is 0.375 e. The quantitative estimate of drug-likeness (QED) is 0.515. The Morgan fingerprint density at radius 1 is 1.08 bits per heavy atom. The molecule has 2 heterocycles. The average Bonchev–Trinajstić information content (AvgIpc) is 3.35. The van der Waals surface area contributed by atoms with E-state index < -0.39 is 0 Å². The second-order valence-electron chi connectivity index (χ2n) is 8.05. The lowest BCUT2D eigenvalue weighted by molar-refractivity contribution is -0.199. The third-order valence-electron chi connectivity index (χ3n) is 6.11. The predicted molar refractivity (Wildman–Crippen MR) is 92.2 cm³/mol. The highest BCUT2D eigenvalue weighted by Crippen LogP contribution is 2.45. The van der Waals surface area contributed by atoms with E-state index >= 15 is 0 Å². The Labute approximate surface area is 151 Å². The van der Waals surface area contributed by atoms with Gasteiger partial charge in [-0.2, -0.15) is 0 Å². The molecule has 25 heavy (non-hydrogen) atoms. The van der Waals surface area contributed by atoms with E-state index in [1.54, 1.807) is 14.2 Å². The van der Waals surface area contributed by atoms with Gasteiger partial charge in [-0.25, -0.2) is 0 Å². The van der Waals surface area contributed by atoms with Gasteiger partial charge >= 0.3 is 0 Å². The monoisotopic (exact) mass is 358 g/mol. The van der Waals surface area contributed by atoms with Gasteiger partial charge in [0.1, 0.15) is 19.2 Å². The highest BCUT2D eigenvalue weighted by molar-refractivity contribution is 5.00. The normalized spacial score (nSPS) is 44.6. The van der Waals surface area contributed by atoms with Crippen LogP contribution in [-0.4, -0.2) is 64.9 Å². The van der Waals surface area contributed by atoms with Crippen LogP contribution < -0.4 is 0 Å². The van der Waals surface area contributed by atoms with Crippen LogP contribution in [0, 0.1) is 17.8 Å². The third kappa shape index (κ3) is 4.54. The number of hydrogen-bond acceptors (Lipinski definition) is 6. The van der Waals surface area contributed by atoms with Gasteiger partial charge in [0.15, 0.2) is 0 Å². The smallest absolute Gasteiger partial charge is 0.146 e. The maximum Gasteiger partial charge on any atom is 0.146 e. The van der Waals surface area contributed by atoms with Crippen LogP contribution in [0.3, 0.4) is 0 Å². The average molecular weight is 358 g/mol. The number of methoxy groups -OCH3 is 2. The van der Waals surface area contributed by atoms with Gasteiger partial charge in [-0.05, 0) is 32.1 Å². The molecule has 3 fully saturated rings. The second-order valence-corrected chi connectivity index (χ2v) is 8.05. The highest BCUT2D eigenvalue weighted by atomic mass is 16.7. The number of hydrogen-bond donors (Lipinski definition) is 0. The molecule has 3 aliphatic rings. The second kappa shape index (κ2) is 8.63. The van der Waals surface area contributed by atoms with Gasteiger partial charge in [0.2, 0.25) is 0 Å². The van der Waals surface area contributed by atoms with Crippen LogP contribution in [0.4, 0.5) is 0 Å². The zero-order valence-corrected chi connectivity index (χ0v) is 16.1. The summed E-state index contributed by atoms with van der Waals surface area (Å²) in [6.45, 7) is 6.49. The Morgan fingerprint density at radius 3 is 2.48 bits per heavy atom. The molecule has 6 nitrogen and oxygen atoms in total. The number of ether oxygens (including phenoxy) is 6. The van der Waals surface area contributed by atoms with Crippen LogP contribution in [0.15, 0.2) is 0 Å². The van der Waals surface area contributed by atoms with E-state index in [4.69, 9.17) is 28.4 Å². The molecule has 7 atom stereocenters. The summed E-state index contributed by atoms with van der Waals surface area (Å²) in [5, 5.41) is 0. The van der Waals surface area contributed by atoms with E-state index in [0.29, 0.717) is 32.0 Å². The van der Waals surface area contributed by atoms with Crippen molar-refractivity contribution in [3.8, 4) is 0 Å². The van der Waals surface area contributed by atoms with E-state index in [-0.39, 0.29) is 29.8 Å². The summed E-state index contributed by atoms with van der Waals surface area (Å²) in [4.78, 5) is 0. The minimum atomic E-state index is -0.106. The standard InChI is InChI=1S/C19H34O6/c1-13-9-22-16(19(2)10-25-19)8-14-6-5-7-15(23-11-20-3)17(14)18(13)24-12-21-4/h13-18H,5-12H2,1-4H3/t13?,14-,15?,16?,17?,18?,19-/m1/s1. The van der Waals surface area contributed by atoms with E-state index in [9.17, 15) is 0 Å². The molecule has 1 saturated carbocycles. The summed E-state index contributed by atoms with van der Waals surface area (Å²) >= 11 is 0. The van der Waals surface area contributed by atoms with Crippen LogP contribution in [0.5, 0.6) is 0 Å². The Hall–Kier alpha value is -0.240. The van der Waals surface area contributed by atoms with Crippen molar-refractivity contribution in [1.82, 2.24) is 0 Å². The Morgan fingerprint density at radius 2 is 1.80 bits per heavy atom. The molecule has 0 aromatic heterocycles. The summed E-state index contributed by atoms with van der Waals surface area (Å²) in [7, 11) is 3.35. The van der Waals surface area contributed by atoms with E-state index in [1.807, 2.05) is 0 Å². The maximum atomic E-state index is 6.29. The van der Waals surface area contributed by atoms with Gasteiger partial charge in [0, 0.05) is 26.1 Å². The molecule has 0 aromatic carbocycles. The molecule has 0 spiro atoms. The molecule has 146 valence electrons. The molecule has 6 heteroatoms. The Balaban J connectivity index is 1.80. The van der Waals surface area contributed by atoms with Crippen molar-refractivity contribution in [2.45, 2.75) is 63.4 Å². The van der Waals surface area contributed by atoms with E-state index in [1.165, 1.54) is 12.8 Å². The van der Waals surface area contributed by atoms with Gasteiger partial charge < -0.3 is 28.4 Å². The summed E-state index contributed by atoms with van der Waals surface area (Å²) in [5.74, 6) is 1.12. The summed E-state index contributed by atoms with van der Waals surface area (Å²) in [6.07, 6.45) is 4.82. The number of epoxide rings is 1. The molecule has 1 aliphatic carbocycles. The van der Waals surface area contributed by atoms with Crippen LogP contribution in [-0.2, 0) is 28.4 Å². The molecule has 0 aromatic rings. The summed E-state index contributed by atoms with van der Waals surface area (Å²) in [5.41, 5.74) is -0.106. The van der Waals surface area contributed by atoms with Crippen molar-refractivity contribution in [1.29, 1.82) is 0 Å². The zero-order valence-electron chi connectivity index (χ0n) is 16.1. The van der Waals surface area contributed by atoms with Crippen molar-refractivity contribution in [3.63, 3.8) is 0 Å². The van der Waals surface area contributed by atoms with Gasteiger partial charge in [-0.3, -0.25) is 0 Å². The SMILES string of the molecule is COCOC1CCC[C@@H]2CC([C@@]3(C)CO3)OCC(C)C(OCOC)C12. The van der Waals surface area contributed by atoms with Gasteiger partial charge in [-0.15, -0.1) is 0 Å². The first kappa shape index (κ1) is 19.5. The van der Waals surface area contributed by atoms with Crippen molar-refractivity contribution in [2.75, 3.05) is 41.0 Å². The first-order chi connectivity index (χ1) is 12.1. The molecule has 2 aliphatic heterocycles. The molecule has 5 unspecified atom stereocenters. The van der Waals surface area contributed by atoms with Crippen LogP contribution in [0.1, 0.15) is 39.5 Å². The van der Waals surface area contributed by atoms with Crippen molar-refractivity contribution in [2.24, 2.45) is 17.8 Å². The van der Waals surface area contributed by atoms with Crippen LogP contribution >= 0.6 is 0 Å². The summed E-state index contributed by atoms with van der Waals surface area (Å²) in [6, 6.07) is 0. The first-order valence-corrected chi connectivity index (χ1v) is 9.55. The fourth-order valence-electron chi connectivity index (χ4n) is 4.61. The van der Waals surface area contributed by atoms with E-state index in [0.717, 1.165) is 19.4 Å². The van der Waals surface area contributed by atoms with Crippen molar-refractivity contribution < 1.29 is 28.4 Å². The minimum absolute atomic E-state index is 0.0704. The lowest BCUT2D eigenvalue weighted by Gasteiger charge is -2.47. The Bertz CT molecular complexity index is 413. The number of rotatable bonds is 7. The maximum absolute atomic E-state index is 6.29. The molecule has 0 bridgehead atoms. The van der Waals surface area contributed by atoms with Crippen LogP contribution in [0.2, 0.25) is 0 Å². The van der Waals surface area contributed by atoms with Gasteiger partial charge in [-0.1, -0.05) is 13.3 Å².